The molecule has 2 rings (SSSR count). The minimum absolute atomic E-state index is 0.0135. The largest absolute Gasteiger partial charge is 0.444 e. The van der Waals surface area contributed by atoms with E-state index < -0.39 is 23.4 Å². The van der Waals surface area contributed by atoms with Crippen LogP contribution in [0.1, 0.15) is 37.9 Å². The van der Waals surface area contributed by atoms with Crippen LogP contribution < -0.4 is 17.2 Å². The summed E-state index contributed by atoms with van der Waals surface area (Å²) in [5, 5.41) is 0. The van der Waals surface area contributed by atoms with Gasteiger partial charge in [-0.3, -0.25) is 4.90 Å². The number of benzene rings is 2. The molecular formula is C21H30N4O2. The summed E-state index contributed by atoms with van der Waals surface area (Å²) in [5.41, 5.74) is 18.6. The number of nitrogens with zero attached hydrogens (tertiary/aromatic N) is 1. The number of carbonyl (C=O) groups is 1. The topological polar surface area (TPSA) is 108 Å². The molecule has 0 aliphatic rings. The van der Waals surface area contributed by atoms with Gasteiger partial charge in [-0.25, -0.2) is 4.79 Å². The van der Waals surface area contributed by atoms with Crippen LogP contribution in [0.5, 0.6) is 0 Å². The van der Waals surface area contributed by atoms with E-state index in [1.54, 1.807) is 0 Å². The third kappa shape index (κ3) is 4.86. The number of hydrogen-bond donors (Lipinski definition) is 3. The van der Waals surface area contributed by atoms with Gasteiger partial charge < -0.3 is 21.9 Å². The monoisotopic (exact) mass is 370 g/mol. The summed E-state index contributed by atoms with van der Waals surface area (Å²) in [7, 11) is 0. The molecule has 6 nitrogen and oxygen atoms in total. The smallest absolute Gasteiger partial charge is 0.412 e. The van der Waals surface area contributed by atoms with Gasteiger partial charge in [-0.2, -0.15) is 0 Å². The summed E-state index contributed by atoms with van der Waals surface area (Å²) in [6, 6.07) is 18.3. The lowest BCUT2D eigenvalue weighted by molar-refractivity contribution is -0.0176. The summed E-state index contributed by atoms with van der Waals surface area (Å²) >= 11 is 0. The van der Waals surface area contributed by atoms with E-state index in [4.69, 9.17) is 21.9 Å². The fraction of sp³-hybridized carbons (Fsp3) is 0.381. The minimum atomic E-state index is -1.27. The molecule has 6 N–H and O–H groups in total. The van der Waals surface area contributed by atoms with Gasteiger partial charge in [-0.05, 0) is 31.9 Å². The summed E-state index contributed by atoms with van der Waals surface area (Å²) < 4.78 is 5.67. The van der Waals surface area contributed by atoms with Crippen molar-refractivity contribution in [2.45, 2.75) is 38.1 Å². The molecule has 2 aromatic carbocycles. The van der Waals surface area contributed by atoms with Crippen LogP contribution >= 0.6 is 0 Å². The first-order chi connectivity index (χ1) is 12.7. The fourth-order valence-electron chi connectivity index (χ4n) is 3.03. The standard InChI is InChI=1S/C21H30N4O2/c1-20(2,3)27-19(26)25(18(14-22)16-10-6-4-7-11-16)21(24,15-23)17-12-8-5-9-13-17/h4-13,18H,14-15,22-24H2,1-3H3/t18-,21+/m0/s1. The Labute approximate surface area is 161 Å². The molecule has 2 aromatic rings. The van der Waals surface area contributed by atoms with Gasteiger partial charge in [-0.1, -0.05) is 60.7 Å². The Balaban J connectivity index is 2.59. The van der Waals surface area contributed by atoms with Crippen LogP contribution in [0, 0.1) is 0 Å². The van der Waals surface area contributed by atoms with Crippen LogP contribution in [0.2, 0.25) is 0 Å². The van der Waals surface area contributed by atoms with E-state index in [9.17, 15) is 4.79 Å². The first kappa shape index (κ1) is 20.9. The van der Waals surface area contributed by atoms with Crippen molar-refractivity contribution in [3.8, 4) is 0 Å². The second-order valence-corrected chi connectivity index (χ2v) is 7.51. The zero-order valence-electron chi connectivity index (χ0n) is 16.3. The van der Waals surface area contributed by atoms with Gasteiger partial charge in [0.2, 0.25) is 0 Å². The summed E-state index contributed by atoms with van der Waals surface area (Å²) in [5.74, 6) is 0. The second-order valence-electron chi connectivity index (χ2n) is 7.51. The second kappa shape index (κ2) is 8.52. The predicted octanol–water partition coefficient (Wildman–Crippen LogP) is 2.69. The maximum absolute atomic E-state index is 13.2. The maximum atomic E-state index is 13.2. The SMILES string of the molecule is CC(C)(C)OC(=O)N([C@@H](CN)c1ccccc1)[C@](N)(CN)c1ccccc1. The maximum Gasteiger partial charge on any atom is 0.412 e. The highest BCUT2D eigenvalue weighted by Gasteiger charge is 2.43. The van der Waals surface area contributed by atoms with E-state index in [0.717, 1.165) is 5.56 Å². The number of hydrogen-bond acceptors (Lipinski definition) is 5. The fourth-order valence-corrected chi connectivity index (χ4v) is 3.03. The van der Waals surface area contributed by atoms with Gasteiger partial charge in [0.1, 0.15) is 11.3 Å². The molecule has 0 heterocycles. The first-order valence-electron chi connectivity index (χ1n) is 9.04. The molecule has 6 heteroatoms. The zero-order chi connectivity index (χ0) is 20.1. The normalized spacial score (nSPS) is 14.9. The Hall–Kier alpha value is -2.41. The Morgan fingerprint density at radius 1 is 1.00 bits per heavy atom. The van der Waals surface area contributed by atoms with Crippen molar-refractivity contribution in [2.75, 3.05) is 13.1 Å². The number of nitrogens with two attached hydrogens (primary N) is 3. The molecule has 0 aromatic heterocycles. The lowest BCUT2D eigenvalue weighted by Gasteiger charge is -2.45. The van der Waals surface area contributed by atoms with E-state index in [-0.39, 0.29) is 13.1 Å². The zero-order valence-corrected chi connectivity index (χ0v) is 16.3. The molecule has 0 bridgehead atoms. The van der Waals surface area contributed by atoms with Crippen molar-refractivity contribution in [3.63, 3.8) is 0 Å². The highest BCUT2D eigenvalue weighted by atomic mass is 16.6. The summed E-state index contributed by atoms with van der Waals surface area (Å²) in [4.78, 5) is 14.7. The Morgan fingerprint density at radius 2 is 1.52 bits per heavy atom. The number of ether oxygens (including phenoxy) is 1. The number of carbonyl (C=O) groups excluding carboxylic acids is 1. The summed E-state index contributed by atoms with van der Waals surface area (Å²) in [6.45, 7) is 5.62. The van der Waals surface area contributed by atoms with Crippen molar-refractivity contribution < 1.29 is 9.53 Å². The van der Waals surface area contributed by atoms with Crippen LogP contribution in [0.3, 0.4) is 0 Å². The van der Waals surface area contributed by atoms with Crippen molar-refractivity contribution >= 4 is 6.09 Å². The predicted molar refractivity (Wildman–Crippen MR) is 108 cm³/mol. The summed E-state index contributed by atoms with van der Waals surface area (Å²) in [6.07, 6.45) is -0.557. The van der Waals surface area contributed by atoms with Gasteiger partial charge in [0.05, 0.1) is 6.04 Å². The van der Waals surface area contributed by atoms with Gasteiger partial charge >= 0.3 is 6.09 Å². The highest BCUT2D eigenvalue weighted by Crippen LogP contribution is 2.33. The lowest BCUT2D eigenvalue weighted by atomic mass is 9.94. The highest BCUT2D eigenvalue weighted by molar-refractivity contribution is 5.70. The molecule has 2 atom stereocenters. The van der Waals surface area contributed by atoms with E-state index in [1.165, 1.54) is 4.90 Å². The molecule has 0 radical (unpaired) electrons. The quantitative estimate of drug-likeness (QED) is 0.678. The third-order valence-electron chi connectivity index (χ3n) is 4.32. The molecule has 27 heavy (non-hydrogen) atoms. The van der Waals surface area contributed by atoms with E-state index in [1.807, 2.05) is 81.4 Å². The molecule has 0 unspecified atom stereocenters. The molecule has 0 aliphatic carbocycles. The van der Waals surface area contributed by atoms with Crippen molar-refractivity contribution in [1.29, 1.82) is 0 Å². The van der Waals surface area contributed by atoms with Crippen LogP contribution in [-0.4, -0.2) is 29.7 Å². The average Bonchev–Trinajstić information content (AvgIpc) is 2.65. The molecule has 0 fully saturated rings. The molecular weight excluding hydrogens is 340 g/mol. The Kier molecular flexibility index (Phi) is 6.59. The van der Waals surface area contributed by atoms with Crippen LogP contribution in [0.15, 0.2) is 60.7 Å². The van der Waals surface area contributed by atoms with E-state index in [0.29, 0.717) is 5.56 Å². The first-order valence-corrected chi connectivity index (χ1v) is 9.04. The average molecular weight is 370 g/mol. The Bertz CT molecular complexity index is 731. The molecule has 1 amide bonds. The van der Waals surface area contributed by atoms with E-state index >= 15 is 0 Å². The van der Waals surface area contributed by atoms with Crippen LogP contribution in [0.25, 0.3) is 0 Å². The van der Waals surface area contributed by atoms with Crippen molar-refractivity contribution in [3.05, 3.63) is 71.8 Å². The third-order valence-corrected chi connectivity index (χ3v) is 4.32. The molecule has 0 aliphatic heterocycles. The number of rotatable bonds is 6. The molecule has 0 saturated heterocycles. The molecule has 0 saturated carbocycles. The number of amides is 1. The molecule has 146 valence electrons. The Morgan fingerprint density at radius 3 is 1.96 bits per heavy atom. The lowest BCUT2D eigenvalue weighted by Crippen LogP contribution is -2.62. The van der Waals surface area contributed by atoms with Gasteiger partial charge in [0.15, 0.2) is 0 Å². The van der Waals surface area contributed by atoms with Gasteiger partial charge in [0, 0.05) is 13.1 Å². The van der Waals surface area contributed by atoms with Gasteiger partial charge in [-0.15, -0.1) is 0 Å². The van der Waals surface area contributed by atoms with Gasteiger partial charge in [0.25, 0.3) is 0 Å². The van der Waals surface area contributed by atoms with Crippen LogP contribution in [-0.2, 0) is 10.4 Å². The van der Waals surface area contributed by atoms with Crippen molar-refractivity contribution in [1.82, 2.24) is 4.90 Å². The minimum Gasteiger partial charge on any atom is -0.444 e. The van der Waals surface area contributed by atoms with E-state index in [2.05, 4.69) is 0 Å². The van der Waals surface area contributed by atoms with Crippen molar-refractivity contribution in [2.24, 2.45) is 17.2 Å². The van der Waals surface area contributed by atoms with Crippen LogP contribution in [0.4, 0.5) is 4.79 Å². The molecule has 0 spiro atoms.